The summed E-state index contributed by atoms with van der Waals surface area (Å²) in [6.07, 6.45) is 5.46. The van der Waals surface area contributed by atoms with E-state index in [1.165, 1.54) is 18.7 Å². The van der Waals surface area contributed by atoms with Gasteiger partial charge >= 0.3 is 0 Å². The topological polar surface area (TPSA) is 69.9 Å². The Bertz CT molecular complexity index is 876. The Kier molecular flexibility index (Phi) is 4.32. The van der Waals surface area contributed by atoms with E-state index in [0.29, 0.717) is 12.3 Å². The average Bonchev–Trinajstić information content (AvgIpc) is 2.60. The molecular weight excluding hydrogens is 292 g/mol. The smallest absolute Gasteiger partial charge is 0.282 e. The molecule has 2 aromatic heterocycles. The fourth-order valence-electron chi connectivity index (χ4n) is 2.46. The molecule has 0 saturated carbocycles. The van der Waals surface area contributed by atoms with Gasteiger partial charge in [-0.15, -0.1) is 0 Å². The summed E-state index contributed by atoms with van der Waals surface area (Å²) in [7, 11) is 0. The molecule has 3 aromatic rings. The van der Waals surface area contributed by atoms with Gasteiger partial charge in [-0.2, -0.15) is 0 Å². The molecule has 0 spiro atoms. The van der Waals surface area contributed by atoms with Crippen molar-refractivity contribution >= 4 is 11.2 Å². The van der Waals surface area contributed by atoms with Crippen LogP contribution in [0.15, 0.2) is 47.8 Å². The second kappa shape index (κ2) is 6.56. The Morgan fingerprint density at radius 2 is 1.96 bits per heavy atom. The maximum Gasteiger partial charge on any atom is 0.282 e. The van der Waals surface area contributed by atoms with E-state index in [9.17, 15) is 4.79 Å². The van der Waals surface area contributed by atoms with E-state index < -0.39 is 0 Å². The third-order valence-corrected chi connectivity index (χ3v) is 3.67. The van der Waals surface area contributed by atoms with Crippen LogP contribution in [0.25, 0.3) is 11.2 Å². The lowest BCUT2D eigenvalue weighted by atomic mass is 10.1. The van der Waals surface area contributed by atoms with Crippen molar-refractivity contribution in [2.45, 2.75) is 26.3 Å². The summed E-state index contributed by atoms with van der Waals surface area (Å²) in [5, 5.41) is 0. The minimum atomic E-state index is -0.213. The van der Waals surface area contributed by atoms with Gasteiger partial charge in [-0.25, -0.2) is 15.0 Å². The van der Waals surface area contributed by atoms with Crippen LogP contribution < -0.4 is 10.3 Å². The summed E-state index contributed by atoms with van der Waals surface area (Å²) in [6, 6.07) is 7.52. The summed E-state index contributed by atoms with van der Waals surface area (Å²) in [5.41, 5.74) is 1.36. The van der Waals surface area contributed by atoms with Crippen molar-refractivity contribution in [1.82, 2.24) is 19.5 Å². The van der Waals surface area contributed by atoms with E-state index in [-0.39, 0.29) is 17.1 Å². The van der Waals surface area contributed by atoms with E-state index in [1.807, 2.05) is 31.2 Å². The van der Waals surface area contributed by atoms with Crippen LogP contribution in [0.1, 0.15) is 31.9 Å². The number of hydrogen-bond acceptors (Lipinski definition) is 5. The van der Waals surface area contributed by atoms with Gasteiger partial charge in [-0.05, 0) is 19.4 Å². The molecule has 0 amide bonds. The zero-order valence-corrected chi connectivity index (χ0v) is 13.1. The Balaban J connectivity index is 2.06. The molecule has 1 unspecified atom stereocenters. The highest BCUT2D eigenvalue weighted by atomic mass is 16.5. The molecule has 0 fully saturated rings. The summed E-state index contributed by atoms with van der Waals surface area (Å²) < 4.78 is 7.35. The third-order valence-electron chi connectivity index (χ3n) is 3.67. The molecule has 0 saturated heterocycles. The number of rotatable bonds is 5. The summed E-state index contributed by atoms with van der Waals surface area (Å²) in [5.74, 6) is 0.785. The van der Waals surface area contributed by atoms with Gasteiger partial charge < -0.3 is 4.74 Å². The molecule has 1 atom stereocenters. The van der Waals surface area contributed by atoms with E-state index in [2.05, 4.69) is 21.9 Å². The minimum absolute atomic E-state index is 0.208. The third kappa shape index (κ3) is 2.92. The number of ether oxygens (including phenoxy) is 1. The second-order valence-electron chi connectivity index (χ2n) is 5.25. The van der Waals surface area contributed by atoms with Crippen molar-refractivity contribution in [3.63, 3.8) is 0 Å². The van der Waals surface area contributed by atoms with Gasteiger partial charge in [0, 0.05) is 18.0 Å². The van der Waals surface area contributed by atoms with Crippen molar-refractivity contribution in [3.05, 3.63) is 58.9 Å². The predicted octanol–water partition coefficient (Wildman–Crippen LogP) is 2.58. The standard InChI is InChI=1S/C17H18N4O2/c1-3-10-23-14-7-5-4-6-13(14)12(2)21-11-20-16-15(17(21)22)18-8-9-19-16/h4-9,11-12H,3,10H2,1-2H3. The summed E-state index contributed by atoms with van der Waals surface area (Å²) in [6.45, 7) is 4.64. The number of fused-ring (bicyclic) bond motifs is 1. The lowest BCUT2D eigenvalue weighted by Crippen LogP contribution is -2.25. The fourth-order valence-corrected chi connectivity index (χ4v) is 2.46. The molecule has 0 aliphatic carbocycles. The van der Waals surface area contributed by atoms with E-state index in [0.717, 1.165) is 17.7 Å². The molecule has 0 aliphatic heterocycles. The number of nitrogens with zero attached hydrogens (tertiary/aromatic N) is 4. The lowest BCUT2D eigenvalue weighted by Gasteiger charge is -2.18. The molecule has 0 N–H and O–H groups in total. The first kappa shape index (κ1) is 15.1. The number of aromatic nitrogens is 4. The SMILES string of the molecule is CCCOc1ccccc1C(C)n1cnc2nccnc2c1=O. The van der Waals surface area contributed by atoms with Crippen LogP contribution in [0.2, 0.25) is 0 Å². The highest BCUT2D eigenvalue weighted by Gasteiger charge is 2.16. The highest BCUT2D eigenvalue weighted by Crippen LogP contribution is 2.27. The Hall–Kier alpha value is -2.76. The zero-order valence-electron chi connectivity index (χ0n) is 13.1. The average molecular weight is 310 g/mol. The van der Waals surface area contributed by atoms with Crippen LogP contribution in [0, 0.1) is 0 Å². The van der Waals surface area contributed by atoms with Crippen molar-refractivity contribution in [3.8, 4) is 5.75 Å². The van der Waals surface area contributed by atoms with Crippen LogP contribution in [-0.4, -0.2) is 26.1 Å². The molecule has 6 heteroatoms. The van der Waals surface area contributed by atoms with Gasteiger partial charge in [0.2, 0.25) is 0 Å². The van der Waals surface area contributed by atoms with Crippen molar-refractivity contribution in [1.29, 1.82) is 0 Å². The molecule has 0 aliphatic rings. The first-order chi connectivity index (χ1) is 11.2. The normalized spacial score (nSPS) is 12.3. The van der Waals surface area contributed by atoms with Gasteiger partial charge in [-0.3, -0.25) is 9.36 Å². The largest absolute Gasteiger partial charge is 0.493 e. The molecule has 1 aromatic carbocycles. The van der Waals surface area contributed by atoms with Gasteiger partial charge in [-0.1, -0.05) is 25.1 Å². The monoisotopic (exact) mass is 310 g/mol. The van der Waals surface area contributed by atoms with Crippen LogP contribution in [0.5, 0.6) is 5.75 Å². The van der Waals surface area contributed by atoms with E-state index in [1.54, 1.807) is 4.57 Å². The van der Waals surface area contributed by atoms with Crippen LogP contribution in [0.4, 0.5) is 0 Å². The van der Waals surface area contributed by atoms with Crippen molar-refractivity contribution in [2.75, 3.05) is 6.61 Å². The van der Waals surface area contributed by atoms with E-state index in [4.69, 9.17) is 4.74 Å². The summed E-state index contributed by atoms with van der Waals surface area (Å²) in [4.78, 5) is 25.0. The molecule has 23 heavy (non-hydrogen) atoms. The molecule has 2 heterocycles. The van der Waals surface area contributed by atoms with Crippen LogP contribution in [0.3, 0.4) is 0 Å². The van der Waals surface area contributed by atoms with Crippen LogP contribution in [-0.2, 0) is 0 Å². The maximum absolute atomic E-state index is 12.6. The highest BCUT2D eigenvalue weighted by molar-refractivity contribution is 5.67. The van der Waals surface area contributed by atoms with Gasteiger partial charge in [0.15, 0.2) is 11.2 Å². The fraction of sp³-hybridized carbons (Fsp3) is 0.294. The Morgan fingerprint density at radius 1 is 1.17 bits per heavy atom. The summed E-state index contributed by atoms with van der Waals surface area (Å²) >= 11 is 0. The lowest BCUT2D eigenvalue weighted by molar-refractivity contribution is 0.311. The zero-order chi connectivity index (χ0) is 16.2. The first-order valence-corrected chi connectivity index (χ1v) is 7.62. The minimum Gasteiger partial charge on any atom is -0.493 e. The molecule has 0 bridgehead atoms. The predicted molar refractivity (Wildman–Crippen MR) is 87.6 cm³/mol. The van der Waals surface area contributed by atoms with Crippen molar-refractivity contribution in [2.24, 2.45) is 0 Å². The molecular formula is C17H18N4O2. The number of para-hydroxylation sites is 1. The number of benzene rings is 1. The van der Waals surface area contributed by atoms with Gasteiger partial charge in [0.05, 0.1) is 12.6 Å². The Labute approximate surface area is 133 Å². The maximum atomic E-state index is 12.6. The molecule has 118 valence electrons. The molecule has 0 radical (unpaired) electrons. The first-order valence-electron chi connectivity index (χ1n) is 7.62. The van der Waals surface area contributed by atoms with Crippen LogP contribution >= 0.6 is 0 Å². The molecule has 6 nitrogen and oxygen atoms in total. The Morgan fingerprint density at radius 3 is 2.78 bits per heavy atom. The van der Waals surface area contributed by atoms with Crippen molar-refractivity contribution < 1.29 is 4.74 Å². The van der Waals surface area contributed by atoms with Gasteiger partial charge in [0.25, 0.3) is 5.56 Å². The molecule has 3 rings (SSSR count). The quantitative estimate of drug-likeness (QED) is 0.724. The van der Waals surface area contributed by atoms with E-state index >= 15 is 0 Å². The van der Waals surface area contributed by atoms with Gasteiger partial charge in [0.1, 0.15) is 12.1 Å². The number of hydrogen-bond donors (Lipinski definition) is 0. The second-order valence-corrected chi connectivity index (χ2v) is 5.25.